The number of ether oxygens (including phenoxy) is 1. The van der Waals surface area contributed by atoms with Crippen LogP contribution in [0.5, 0.6) is 0 Å². The van der Waals surface area contributed by atoms with Crippen LogP contribution in [0.25, 0.3) is 0 Å². The Hall–Kier alpha value is -1.54. The topological polar surface area (TPSA) is 75.6 Å². The van der Waals surface area contributed by atoms with Gasteiger partial charge in [0.05, 0.1) is 18.8 Å². The molecule has 0 N–H and O–H groups in total. The van der Waals surface area contributed by atoms with Crippen LogP contribution in [0.3, 0.4) is 0 Å². The largest absolute Gasteiger partial charge is 0.365 e. The number of morpholine rings is 1. The molecule has 2 aliphatic rings. The van der Waals surface area contributed by atoms with Gasteiger partial charge in [-0.2, -0.15) is 0 Å². The van der Waals surface area contributed by atoms with Crippen molar-refractivity contribution in [2.24, 2.45) is 0 Å². The van der Waals surface area contributed by atoms with Gasteiger partial charge >= 0.3 is 0 Å². The fraction of sp³-hybridized carbons (Fsp3) is 0.750. The minimum absolute atomic E-state index is 0.0170. The second-order valence-corrected chi connectivity index (χ2v) is 7.05. The van der Waals surface area contributed by atoms with Gasteiger partial charge in [0.15, 0.2) is 6.10 Å². The van der Waals surface area contributed by atoms with Crippen molar-refractivity contribution in [1.29, 1.82) is 0 Å². The van der Waals surface area contributed by atoms with E-state index in [1.54, 1.807) is 4.90 Å². The van der Waals surface area contributed by atoms with E-state index < -0.39 is 6.10 Å². The zero-order valence-electron chi connectivity index (χ0n) is 14.1. The quantitative estimate of drug-likeness (QED) is 0.817. The van der Waals surface area contributed by atoms with Crippen molar-refractivity contribution >= 4 is 23.3 Å². The van der Waals surface area contributed by atoms with Gasteiger partial charge in [0.25, 0.3) is 11.8 Å². The van der Waals surface area contributed by atoms with E-state index in [4.69, 9.17) is 4.74 Å². The molecule has 3 rings (SSSR count). The molecule has 0 spiro atoms. The molecule has 24 heavy (non-hydrogen) atoms. The van der Waals surface area contributed by atoms with Gasteiger partial charge in [-0.25, -0.2) is 0 Å². The lowest BCUT2D eigenvalue weighted by molar-refractivity contribution is -0.149. The van der Waals surface area contributed by atoms with E-state index in [1.165, 1.54) is 6.42 Å². The SMILES string of the molecule is CCCc1nnsc1C(=O)N1CCOC(C(=O)N2CCCCC2)C1. The Balaban J connectivity index is 1.65. The number of carbonyl (C=O) groups is 2. The van der Waals surface area contributed by atoms with Crippen molar-refractivity contribution in [3.63, 3.8) is 0 Å². The van der Waals surface area contributed by atoms with E-state index >= 15 is 0 Å². The summed E-state index contributed by atoms with van der Waals surface area (Å²) in [5.74, 6) is -0.0587. The van der Waals surface area contributed by atoms with Crippen LogP contribution in [-0.2, 0) is 16.0 Å². The lowest BCUT2D eigenvalue weighted by Crippen LogP contribution is -2.53. The van der Waals surface area contributed by atoms with Gasteiger partial charge in [0.2, 0.25) is 0 Å². The summed E-state index contributed by atoms with van der Waals surface area (Å²) >= 11 is 1.14. The molecule has 1 aromatic rings. The number of piperidine rings is 1. The molecule has 0 aromatic carbocycles. The molecule has 0 aliphatic carbocycles. The fourth-order valence-corrected chi connectivity index (χ4v) is 3.89. The Morgan fingerprint density at radius 3 is 2.75 bits per heavy atom. The van der Waals surface area contributed by atoms with Crippen LogP contribution < -0.4 is 0 Å². The van der Waals surface area contributed by atoms with Crippen molar-refractivity contribution < 1.29 is 14.3 Å². The first-order chi connectivity index (χ1) is 11.7. The van der Waals surface area contributed by atoms with E-state index in [0.29, 0.717) is 24.6 Å². The molecule has 0 bridgehead atoms. The second kappa shape index (κ2) is 8.02. The zero-order valence-corrected chi connectivity index (χ0v) is 14.9. The number of hydrogen-bond donors (Lipinski definition) is 0. The van der Waals surface area contributed by atoms with Crippen LogP contribution in [0.2, 0.25) is 0 Å². The van der Waals surface area contributed by atoms with E-state index in [2.05, 4.69) is 16.5 Å². The summed E-state index contributed by atoms with van der Waals surface area (Å²) < 4.78 is 9.58. The van der Waals surface area contributed by atoms with Gasteiger partial charge in [-0.15, -0.1) is 5.10 Å². The summed E-state index contributed by atoms with van der Waals surface area (Å²) in [6, 6.07) is 0. The Labute approximate surface area is 146 Å². The molecule has 2 amide bonds. The third-order valence-electron chi connectivity index (χ3n) is 4.53. The minimum Gasteiger partial charge on any atom is -0.365 e. The summed E-state index contributed by atoms with van der Waals surface area (Å²) in [6.45, 7) is 4.86. The number of likely N-dealkylation sites (tertiary alicyclic amines) is 1. The van der Waals surface area contributed by atoms with Crippen molar-refractivity contribution in [2.75, 3.05) is 32.8 Å². The van der Waals surface area contributed by atoms with Crippen molar-refractivity contribution in [2.45, 2.75) is 45.1 Å². The van der Waals surface area contributed by atoms with E-state index in [0.717, 1.165) is 56.0 Å². The molecule has 132 valence electrons. The molecule has 3 heterocycles. The van der Waals surface area contributed by atoms with Gasteiger partial charge in [-0.05, 0) is 37.2 Å². The molecule has 8 heteroatoms. The Morgan fingerprint density at radius 1 is 1.21 bits per heavy atom. The molecule has 0 radical (unpaired) electrons. The van der Waals surface area contributed by atoms with Crippen LogP contribution in [0.15, 0.2) is 0 Å². The maximum atomic E-state index is 12.8. The van der Waals surface area contributed by atoms with Gasteiger partial charge in [0, 0.05) is 19.6 Å². The van der Waals surface area contributed by atoms with Crippen molar-refractivity contribution in [3.8, 4) is 0 Å². The summed E-state index contributed by atoms with van der Waals surface area (Å²) in [6.07, 6.45) is 4.40. The number of rotatable bonds is 4. The number of nitrogens with zero attached hydrogens (tertiary/aromatic N) is 4. The lowest BCUT2D eigenvalue weighted by atomic mass is 10.1. The average molecular weight is 352 g/mol. The molecule has 0 saturated carbocycles. The second-order valence-electron chi connectivity index (χ2n) is 6.30. The highest BCUT2D eigenvalue weighted by molar-refractivity contribution is 7.08. The first-order valence-electron chi connectivity index (χ1n) is 8.71. The van der Waals surface area contributed by atoms with Gasteiger partial charge in [0.1, 0.15) is 4.88 Å². The summed E-state index contributed by atoms with van der Waals surface area (Å²) in [5, 5.41) is 4.06. The molecule has 1 aromatic heterocycles. The van der Waals surface area contributed by atoms with Gasteiger partial charge < -0.3 is 14.5 Å². The van der Waals surface area contributed by atoms with Crippen molar-refractivity contribution in [3.05, 3.63) is 10.6 Å². The lowest BCUT2D eigenvalue weighted by Gasteiger charge is -2.36. The molecule has 7 nitrogen and oxygen atoms in total. The molecule has 2 fully saturated rings. The van der Waals surface area contributed by atoms with Crippen LogP contribution in [0, 0.1) is 0 Å². The average Bonchev–Trinajstić information content (AvgIpc) is 3.10. The van der Waals surface area contributed by atoms with E-state index in [-0.39, 0.29) is 11.8 Å². The highest BCUT2D eigenvalue weighted by atomic mass is 32.1. The van der Waals surface area contributed by atoms with Gasteiger partial charge in [-0.3, -0.25) is 9.59 Å². The summed E-state index contributed by atoms with van der Waals surface area (Å²) in [5.41, 5.74) is 0.762. The Kier molecular flexibility index (Phi) is 5.78. The number of carbonyl (C=O) groups excluding carboxylic acids is 2. The minimum atomic E-state index is -0.545. The van der Waals surface area contributed by atoms with Crippen LogP contribution in [-0.4, -0.2) is 70.1 Å². The highest BCUT2D eigenvalue weighted by Crippen LogP contribution is 2.19. The predicted octanol–water partition coefficient (Wildman–Crippen LogP) is 1.34. The third-order valence-corrected chi connectivity index (χ3v) is 5.29. The fourth-order valence-electron chi connectivity index (χ4n) is 3.22. The Morgan fingerprint density at radius 2 is 2.00 bits per heavy atom. The molecule has 2 aliphatic heterocycles. The predicted molar refractivity (Wildman–Crippen MR) is 90.0 cm³/mol. The van der Waals surface area contributed by atoms with Crippen LogP contribution >= 0.6 is 11.5 Å². The van der Waals surface area contributed by atoms with Crippen LogP contribution in [0.4, 0.5) is 0 Å². The third kappa shape index (κ3) is 3.75. The molecule has 1 unspecified atom stereocenters. The number of aryl methyl sites for hydroxylation is 1. The number of aromatic nitrogens is 2. The standard InChI is InChI=1S/C16H24N4O3S/c1-2-6-12-14(24-18-17-12)16(22)20-9-10-23-13(11-20)15(21)19-7-4-3-5-8-19/h13H,2-11H2,1H3. The molecule has 1 atom stereocenters. The number of amides is 2. The highest BCUT2D eigenvalue weighted by Gasteiger charge is 2.34. The monoisotopic (exact) mass is 352 g/mol. The first kappa shape index (κ1) is 17.3. The van der Waals surface area contributed by atoms with Crippen molar-refractivity contribution in [1.82, 2.24) is 19.4 Å². The summed E-state index contributed by atoms with van der Waals surface area (Å²) in [4.78, 5) is 29.6. The molecule has 2 saturated heterocycles. The Bertz CT molecular complexity index is 586. The normalized spacial score (nSPS) is 21.8. The maximum Gasteiger partial charge on any atom is 0.267 e. The molecular formula is C16H24N4O3S. The van der Waals surface area contributed by atoms with E-state index in [1.807, 2.05) is 4.90 Å². The zero-order chi connectivity index (χ0) is 16.9. The van der Waals surface area contributed by atoms with Crippen LogP contribution in [0.1, 0.15) is 48.0 Å². The maximum absolute atomic E-state index is 12.8. The molecular weight excluding hydrogens is 328 g/mol. The summed E-state index contributed by atoms with van der Waals surface area (Å²) in [7, 11) is 0. The van der Waals surface area contributed by atoms with E-state index in [9.17, 15) is 9.59 Å². The number of hydrogen-bond acceptors (Lipinski definition) is 6. The first-order valence-corrected chi connectivity index (χ1v) is 9.49. The smallest absolute Gasteiger partial charge is 0.267 e. The van der Waals surface area contributed by atoms with Gasteiger partial charge in [-0.1, -0.05) is 17.8 Å².